The lowest BCUT2D eigenvalue weighted by Crippen LogP contribution is -2.32. The van der Waals surface area contributed by atoms with Crippen molar-refractivity contribution < 1.29 is 4.79 Å². The van der Waals surface area contributed by atoms with Crippen LogP contribution in [0.25, 0.3) is 0 Å². The monoisotopic (exact) mass is 291 g/mol. The first kappa shape index (κ1) is 17.5. The summed E-state index contributed by atoms with van der Waals surface area (Å²) in [6.07, 6.45) is 1.11. The highest BCUT2D eigenvalue weighted by atomic mass is 16.1. The van der Waals surface area contributed by atoms with Crippen molar-refractivity contribution >= 4 is 11.6 Å². The number of hydrogen-bond acceptors (Lipinski definition) is 3. The lowest BCUT2D eigenvalue weighted by molar-refractivity contribution is 0.0954. The van der Waals surface area contributed by atoms with Crippen molar-refractivity contribution in [1.29, 1.82) is 0 Å². The van der Waals surface area contributed by atoms with Gasteiger partial charge in [-0.25, -0.2) is 0 Å². The molecule has 0 atom stereocenters. The zero-order valence-electron chi connectivity index (χ0n) is 13.8. The van der Waals surface area contributed by atoms with Gasteiger partial charge in [0.1, 0.15) is 0 Å². The van der Waals surface area contributed by atoms with E-state index in [0.717, 1.165) is 31.7 Å². The standard InChI is InChI=1S/C17H29N3O/c1-5-11-18-12-13-19-17(21)15-7-9-16(10-8-15)20(6-2)14(3)4/h7-10,14,18H,5-6,11-13H2,1-4H3,(H,19,21). The number of benzene rings is 1. The van der Waals surface area contributed by atoms with Gasteiger partial charge in [-0.3, -0.25) is 4.79 Å². The van der Waals surface area contributed by atoms with Crippen LogP contribution in [0.15, 0.2) is 24.3 Å². The summed E-state index contributed by atoms with van der Waals surface area (Å²) < 4.78 is 0. The molecule has 1 aromatic rings. The Labute approximate surface area is 128 Å². The van der Waals surface area contributed by atoms with Crippen LogP contribution in [-0.4, -0.2) is 38.1 Å². The average Bonchev–Trinajstić information content (AvgIpc) is 2.48. The highest BCUT2D eigenvalue weighted by Crippen LogP contribution is 2.17. The molecule has 0 heterocycles. The second-order valence-corrected chi connectivity index (χ2v) is 5.43. The van der Waals surface area contributed by atoms with Gasteiger partial charge in [0.25, 0.3) is 5.91 Å². The number of rotatable bonds is 9. The molecule has 118 valence electrons. The quantitative estimate of drug-likeness (QED) is 0.688. The van der Waals surface area contributed by atoms with Gasteiger partial charge in [-0.2, -0.15) is 0 Å². The predicted molar refractivity (Wildman–Crippen MR) is 90.1 cm³/mol. The van der Waals surface area contributed by atoms with E-state index in [0.29, 0.717) is 18.2 Å². The molecule has 0 aliphatic heterocycles. The van der Waals surface area contributed by atoms with E-state index < -0.39 is 0 Å². The first-order valence-electron chi connectivity index (χ1n) is 7.95. The molecule has 0 fully saturated rings. The Morgan fingerprint density at radius 1 is 1.10 bits per heavy atom. The van der Waals surface area contributed by atoms with Crippen LogP contribution in [0.2, 0.25) is 0 Å². The molecule has 0 spiro atoms. The Hall–Kier alpha value is -1.55. The largest absolute Gasteiger partial charge is 0.369 e. The summed E-state index contributed by atoms with van der Waals surface area (Å²) in [4.78, 5) is 14.3. The number of carbonyl (C=O) groups is 1. The Bertz CT molecular complexity index is 415. The lowest BCUT2D eigenvalue weighted by Gasteiger charge is -2.27. The maximum absolute atomic E-state index is 12.0. The maximum Gasteiger partial charge on any atom is 0.251 e. The molecular weight excluding hydrogens is 262 g/mol. The van der Waals surface area contributed by atoms with Crippen LogP contribution in [0.4, 0.5) is 5.69 Å². The fourth-order valence-electron chi connectivity index (χ4n) is 2.32. The second kappa shape index (κ2) is 9.40. The first-order valence-corrected chi connectivity index (χ1v) is 7.95. The lowest BCUT2D eigenvalue weighted by atomic mass is 10.1. The van der Waals surface area contributed by atoms with E-state index in [-0.39, 0.29) is 5.91 Å². The summed E-state index contributed by atoms with van der Waals surface area (Å²) in [6, 6.07) is 8.30. The van der Waals surface area contributed by atoms with E-state index in [1.54, 1.807) is 0 Å². The summed E-state index contributed by atoms with van der Waals surface area (Å²) in [5.74, 6) is -0.00700. The van der Waals surface area contributed by atoms with Crippen LogP contribution in [0.3, 0.4) is 0 Å². The first-order chi connectivity index (χ1) is 10.1. The molecule has 0 unspecified atom stereocenters. The van der Waals surface area contributed by atoms with E-state index in [2.05, 4.69) is 43.2 Å². The molecule has 0 saturated carbocycles. The van der Waals surface area contributed by atoms with Crippen LogP contribution >= 0.6 is 0 Å². The van der Waals surface area contributed by atoms with Crippen LogP contribution in [0, 0.1) is 0 Å². The Morgan fingerprint density at radius 2 is 1.76 bits per heavy atom. The van der Waals surface area contributed by atoms with Crippen molar-refractivity contribution in [2.75, 3.05) is 31.1 Å². The van der Waals surface area contributed by atoms with Crippen molar-refractivity contribution in [2.45, 2.75) is 40.2 Å². The SMILES string of the molecule is CCCNCCNC(=O)c1ccc(N(CC)C(C)C)cc1. The molecule has 1 aromatic carbocycles. The molecule has 0 bridgehead atoms. The van der Waals surface area contributed by atoms with Gasteiger partial charge in [0.2, 0.25) is 0 Å². The zero-order valence-corrected chi connectivity index (χ0v) is 13.8. The number of nitrogens with one attached hydrogen (secondary N) is 2. The summed E-state index contributed by atoms with van der Waals surface area (Å²) >= 11 is 0. The van der Waals surface area contributed by atoms with Crippen LogP contribution in [-0.2, 0) is 0 Å². The van der Waals surface area contributed by atoms with E-state index in [9.17, 15) is 4.79 Å². The Kier molecular flexibility index (Phi) is 7.83. The number of nitrogens with zero attached hydrogens (tertiary/aromatic N) is 1. The minimum absolute atomic E-state index is 0.00700. The number of carbonyl (C=O) groups excluding carboxylic acids is 1. The summed E-state index contributed by atoms with van der Waals surface area (Å²) in [6.45, 7) is 12.1. The minimum Gasteiger partial charge on any atom is -0.369 e. The smallest absolute Gasteiger partial charge is 0.251 e. The molecule has 1 amide bonds. The fourth-order valence-corrected chi connectivity index (χ4v) is 2.32. The summed E-state index contributed by atoms with van der Waals surface area (Å²) in [7, 11) is 0. The number of anilines is 1. The maximum atomic E-state index is 12.0. The van der Waals surface area contributed by atoms with E-state index >= 15 is 0 Å². The van der Waals surface area contributed by atoms with Crippen LogP contribution in [0.5, 0.6) is 0 Å². The van der Waals surface area contributed by atoms with Gasteiger partial charge >= 0.3 is 0 Å². The van der Waals surface area contributed by atoms with E-state index in [1.165, 1.54) is 0 Å². The molecule has 4 nitrogen and oxygen atoms in total. The Balaban J connectivity index is 2.51. The minimum atomic E-state index is -0.00700. The van der Waals surface area contributed by atoms with Gasteiger partial charge in [0, 0.05) is 36.9 Å². The molecule has 2 N–H and O–H groups in total. The van der Waals surface area contributed by atoms with Gasteiger partial charge in [0.15, 0.2) is 0 Å². The van der Waals surface area contributed by atoms with Crippen molar-refractivity contribution in [3.8, 4) is 0 Å². The molecule has 1 rings (SSSR count). The zero-order chi connectivity index (χ0) is 15.7. The normalized spacial score (nSPS) is 10.7. The van der Waals surface area contributed by atoms with Crippen molar-refractivity contribution in [1.82, 2.24) is 10.6 Å². The average molecular weight is 291 g/mol. The van der Waals surface area contributed by atoms with E-state index in [4.69, 9.17) is 0 Å². The van der Waals surface area contributed by atoms with Crippen molar-refractivity contribution in [3.63, 3.8) is 0 Å². The summed E-state index contributed by atoms with van der Waals surface area (Å²) in [5, 5.41) is 6.19. The topological polar surface area (TPSA) is 44.4 Å². The van der Waals surface area contributed by atoms with Crippen LogP contribution in [0.1, 0.15) is 44.5 Å². The van der Waals surface area contributed by atoms with Gasteiger partial charge in [-0.05, 0) is 58.0 Å². The third-order valence-electron chi connectivity index (χ3n) is 3.44. The second-order valence-electron chi connectivity index (χ2n) is 5.43. The van der Waals surface area contributed by atoms with Crippen LogP contribution < -0.4 is 15.5 Å². The Morgan fingerprint density at radius 3 is 2.29 bits per heavy atom. The third-order valence-corrected chi connectivity index (χ3v) is 3.44. The predicted octanol–water partition coefficient (Wildman–Crippen LogP) is 2.65. The van der Waals surface area contributed by atoms with E-state index in [1.807, 2.05) is 24.3 Å². The number of amides is 1. The van der Waals surface area contributed by atoms with Gasteiger partial charge in [-0.1, -0.05) is 6.92 Å². The molecule has 21 heavy (non-hydrogen) atoms. The van der Waals surface area contributed by atoms with Gasteiger partial charge in [-0.15, -0.1) is 0 Å². The van der Waals surface area contributed by atoms with Gasteiger partial charge in [0.05, 0.1) is 0 Å². The molecule has 0 aliphatic carbocycles. The molecule has 4 heteroatoms. The summed E-state index contributed by atoms with van der Waals surface area (Å²) in [5.41, 5.74) is 1.88. The highest BCUT2D eigenvalue weighted by molar-refractivity contribution is 5.94. The highest BCUT2D eigenvalue weighted by Gasteiger charge is 2.09. The molecule has 0 aromatic heterocycles. The number of hydrogen-bond donors (Lipinski definition) is 2. The molecule has 0 saturated heterocycles. The molecule has 0 radical (unpaired) electrons. The van der Waals surface area contributed by atoms with Crippen molar-refractivity contribution in [2.24, 2.45) is 0 Å². The molecule has 0 aliphatic rings. The fraction of sp³-hybridized carbons (Fsp3) is 0.588. The molecular formula is C17H29N3O. The van der Waals surface area contributed by atoms with Crippen molar-refractivity contribution in [3.05, 3.63) is 29.8 Å². The van der Waals surface area contributed by atoms with Gasteiger partial charge < -0.3 is 15.5 Å². The third kappa shape index (κ3) is 5.76.